The van der Waals surface area contributed by atoms with Crippen LogP contribution in [-0.2, 0) is 0 Å². The lowest BCUT2D eigenvalue weighted by molar-refractivity contribution is 0.207. The van der Waals surface area contributed by atoms with Gasteiger partial charge in [0.25, 0.3) is 0 Å². The van der Waals surface area contributed by atoms with Crippen LogP contribution in [0.15, 0.2) is 12.1 Å². The van der Waals surface area contributed by atoms with Gasteiger partial charge in [0.1, 0.15) is 0 Å². The van der Waals surface area contributed by atoms with Crippen LogP contribution in [0, 0.1) is 20.8 Å². The predicted molar refractivity (Wildman–Crippen MR) is 86.1 cm³/mol. The van der Waals surface area contributed by atoms with Crippen molar-refractivity contribution in [2.45, 2.75) is 33.2 Å². The van der Waals surface area contributed by atoms with Crippen molar-refractivity contribution in [1.29, 1.82) is 0 Å². The van der Waals surface area contributed by atoms with Crippen LogP contribution in [-0.4, -0.2) is 49.6 Å². The zero-order chi connectivity index (χ0) is 14.7. The minimum absolute atomic E-state index is 0.363. The van der Waals surface area contributed by atoms with Crippen molar-refractivity contribution in [3.63, 3.8) is 0 Å². The summed E-state index contributed by atoms with van der Waals surface area (Å²) in [4.78, 5) is 5.00. The number of rotatable bonds is 3. The molecule has 0 spiro atoms. The molecule has 112 valence electrons. The molecule has 1 aromatic carbocycles. The van der Waals surface area contributed by atoms with Crippen molar-refractivity contribution in [3.8, 4) is 0 Å². The van der Waals surface area contributed by atoms with Gasteiger partial charge in [0.15, 0.2) is 0 Å². The van der Waals surface area contributed by atoms with E-state index in [2.05, 4.69) is 49.8 Å². The maximum Gasteiger partial charge on any atom is 0.0476 e. The molecule has 1 aliphatic rings. The van der Waals surface area contributed by atoms with E-state index in [1.807, 2.05) is 0 Å². The summed E-state index contributed by atoms with van der Waals surface area (Å²) in [6.45, 7) is 11.9. The molecule has 1 aliphatic heterocycles. The van der Waals surface area contributed by atoms with Crippen LogP contribution in [0.2, 0.25) is 0 Å². The van der Waals surface area contributed by atoms with Crippen molar-refractivity contribution >= 4 is 0 Å². The summed E-state index contributed by atoms with van der Waals surface area (Å²) in [7, 11) is 2.21. The van der Waals surface area contributed by atoms with E-state index < -0.39 is 0 Å². The minimum atomic E-state index is 0.363. The fraction of sp³-hybridized carbons (Fsp3) is 0.647. The number of hydrogen-bond donors (Lipinski definition) is 1. The smallest absolute Gasteiger partial charge is 0.0476 e. The van der Waals surface area contributed by atoms with Gasteiger partial charge in [0, 0.05) is 32.2 Å². The Bertz CT molecular complexity index is 433. The third-order valence-corrected chi connectivity index (χ3v) is 4.49. The van der Waals surface area contributed by atoms with E-state index in [0.717, 1.165) is 19.6 Å². The topological polar surface area (TPSA) is 32.5 Å². The van der Waals surface area contributed by atoms with E-state index in [-0.39, 0.29) is 0 Å². The second-order valence-electron chi connectivity index (χ2n) is 6.26. The average molecular weight is 275 g/mol. The van der Waals surface area contributed by atoms with Crippen LogP contribution < -0.4 is 5.73 Å². The lowest BCUT2D eigenvalue weighted by Gasteiger charge is -2.32. The van der Waals surface area contributed by atoms with Gasteiger partial charge in [-0.2, -0.15) is 0 Å². The van der Waals surface area contributed by atoms with Crippen LogP contribution in [0.3, 0.4) is 0 Å². The van der Waals surface area contributed by atoms with E-state index in [9.17, 15) is 0 Å². The Morgan fingerprint density at radius 3 is 2.30 bits per heavy atom. The second kappa shape index (κ2) is 6.70. The number of aryl methyl sites for hydroxylation is 3. The SMILES string of the molecule is Cc1cc(C)c(C(CN)N2CCCN(C)CC2)c(C)c1. The van der Waals surface area contributed by atoms with Gasteiger partial charge < -0.3 is 10.6 Å². The highest BCUT2D eigenvalue weighted by atomic mass is 15.2. The number of nitrogens with zero attached hydrogens (tertiary/aromatic N) is 2. The maximum absolute atomic E-state index is 6.14. The van der Waals surface area contributed by atoms with Gasteiger partial charge in [-0.25, -0.2) is 0 Å². The molecule has 1 unspecified atom stereocenters. The molecule has 1 heterocycles. The molecule has 0 aromatic heterocycles. The van der Waals surface area contributed by atoms with Gasteiger partial charge in [-0.3, -0.25) is 4.90 Å². The first-order valence-corrected chi connectivity index (χ1v) is 7.73. The number of likely N-dealkylation sites (N-methyl/N-ethyl adjacent to an activating group) is 1. The lowest BCUT2D eigenvalue weighted by Crippen LogP contribution is -2.37. The summed E-state index contributed by atoms with van der Waals surface area (Å²) in [5.41, 5.74) is 11.7. The molecule has 1 aromatic rings. The molecule has 3 nitrogen and oxygen atoms in total. The fourth-order valence-corrected chi connectivity index (χ4v) is 3.54. The van der Waals surface area contributed by atoms with Gasteiger partial charge in [0.2, 0.25) is 0 Å². The van der Waals surface area contributed by atoms with Crippen LogP contribution in [0.1, 0.15) is 34.7 Å². The molecular weight excluding hydrogens is 246 g/mol. The number of hydrogen-bond acceptors (Lipinski definition) is 3. The van der Waals surface area contributed by atoms with Gasteiger partial charge in [-0.1, -0.05) is 17.7 Å². The Morgan fingerprint density at radius 2 is 1.70 bits per heavy atom. The molecule has 1 atom stereocenters. The van der Waals surface area contributed by atoms with Gasteiger partial charge >= 0.3 is 0 Å². The number of benzene rings is 1. The summed E-state index contributed by atoms with van der Waals surface area (Å²) >= 11 is 0. The molecule has 3 heteroatoms. The monoisotopic (exact) mass is 275 g/mol. The van der Waals surface area contributed by atoms with E-state index in [1.165, 1.54) is 35.2 Å². The van der Waals surface area contributed by atoms with Crippen molar-refractivity contribution in [1.82, 2.24) is 9.80 Å². The highest BCUT2D eigenvalue weighted by molar-refractivity contribution is 5.40. The molecule has 0 amide bonds. The molecule has 0 aliphatic carbocycles. The molecule has 0 bridgehead atoms. The Kier molecular flexibility index (Phi) is 5.19. The highest BCUT2D eigenvalue weighted by Crippen LogP contribution is 2.28. The van der Waals surface area contributed by atoms with Gasteiger partial charge in [-0.05, 0) is 57.5 Å². The Morgan fingerprint density at radius 1 is 1.05 bits per heavy atom. The molecule has 20 heavy (non-hydrogen) atoms. The number of nitrogens with two attached hydrogens (primary N) is 1. The molecule has 1 saturated heterocycles. The third kappa shape index (κ3) is 3.40. The Labute approximate surface area is 123 Å². The molecule has 2 N–H and O–H groups in total. The normalized spacial score (nSPS) is 19.9. The van der Waals surface area contributed by atoms with E-state index in [1.54, 1.807) is 0 Å². The largest absolute Gasteiger partial charge is 0.329 e. The molecule has 0 saturated carbocycles. The van der Waals surface area contributed by atoms with Crippen molar-refractivity contribution < 1.29 is 0 Å². The summed E-state index contributed by atoms with van der Waals surface area (Å²) in [5, 5.41) is 0. The summed E-state index contributed by atoms with van der Waals surface area (Å²) in [5.74, 6) is 0. The fourth-order valence-electron chi connectivity index (χ4n) is 3.54. The third-order valence-electron chi connectivity index (χ3n) is 4.49. The summed E-state index contributed by atoms with van der Waals surface area (Å²) < 4.78 is 0. The Hall–Kier alpha value is -0.900. The van der Waals surface area contributed by atoms with Crippen molar-refractivity contribution in [3.05, 3.63) is 34.4 Å². The molecule has 2 rings (SSSR count). The van der Waals surface area contributed by atoms with Crippen LogP contribution in [0.4, 0.5) is 0 Å². The van der Waals surface area contributed by atoms with Gasteiger partial charge in [0.05, 0.1) is 0 Å². The first kappa shape index (κ1) is 15.5. The second-order valence-corrected chi connectivity index (χ2v) is 6.26. The van der Waals surface area contributed by atoms with Crippen LogP contribution in [0.5, 0.6) is 0 Å². The van der Waals surface area contributed by atoms with Crippen molar-refractivity contribution in [2.24, 2.45) is 5.73 Å². The Balaban J connectivity index is 2.28. The first-order valence-electron chi connectivity index (χ1n) is 7.73. The molecule has 1 fully saturated rings. The molecular formula is C17H29N3. The van der Waals surface area contributed by atoms with Crippen LogP contribution >= 0.6 is 0 Å². The van der Waals surface area contributed by atoms with E-state index >= 15 is 0 Å². The zero-order valence-electron chi connectivity index (χ0n) is 13.4. The minimum Gasteiger partial charge on any atom is -0.329 e. The summed E-state index contributed by atoms with van der Waals surface area (Å²) in [6.07, 6.45) is 1.23. The van der Waals surface area contributed by atoms with Crippen LogP contribution in [0.25, 0.3) is 0 Å². The quantitative estimate of drug-likeness (QED) is 0.918. The van der Waals surface area contributed by atoms with E-state index in [4.69, 9.17) is 5.73 Å². The maximum atomic E-state index is 6.14. The zero-order valence-corrected chi connectivity index (χ0v) is 13.4. The first-order chi connectivity index (χ1) is 9.52. The van der Waals surface area contributed by atoms with E-state index in [0.29, 0.717) is 12.6 Å². The summed E-state index contributed by atoms with van der Waals surface area (Å²) in [6, 6.07) is 4.94. The standard InChI is InChI=1S/C17H29N3/c1-13-10-14(2)17(15(3)11-13)16(12-18)20-7-5-6-19(4)8-9-20/h10-11,16H,5-9,12,18H2,1-4H3. The lowest BCUT2D eigenvalue weighted by atomic mass is 9.93. The predicted octanol–water partition coefficient (Wildman–Crippen LogP) is 2.25. The average Bonchev–Trinajstić information content (AvgIpc) is 2.58. The van der Waals surface area contributed by atoms with Gasteiger partial charge in [-0.15, -0.1) is 0 Å². The highest BCUT2D eigenvalue weighted by Gasteiger charge is 2.24. The molecule has 0 radical (unpaired) electrons. The van der Waals surface area contributed by atoms with Crippen molar-refractivity contribution in [2.75, 3.05) is 39.8 Å².